The molecule has 0 radical (unpaired) electrons. The fourth-order valence-corrected chi connectivity index (χ4v) is 6.39. The zero-order valence-corrected chi connectivity index (χ0v) is 37.5. The molecule has 0 aromatic heterocycles. The van der Waals surface area contributed by atoms with Crippen LogP contribution in [0.3, 0.4) is 0 Å². The Bertz CT molecular complexity index is 1180. The summed E-state index contributed by atoms with van der Waals surface area (Å²) in [4.78, 5) is 12.4. The molecule has 0 aliphatic rings. The molecule has 0 aromatic rings. The van der Waals surface area contributed by atoms with Gasteiger partial charge in [0.1, 0.15) is 0 Å². The fraction of sp³-hybridized carbons (Fsp3) is 0.611. The summed E-state index contributed by atoms with van der Waals surface area (Å²) in [6.07, 6.45) is 74.3. The highest BCUT2D eigenvalue weighted by Crippen LogP contribution is 2.14. The van der Waals surface area contributed by atoms with Crippen LogP contribution in [0.4, 0.5) is 0 Å². The highest BCUT2D eigenvalue weighted by atomic mass is 16.3. The Morgan fingerprint density at radius 3 is 1.14 bits per heavy atom. The van der Waals surface area contributed by atoms with Crippen molar-refractivity contribution in [2.45, 2.75) is 206 Å². The Balaban J connectivity index is 3.69. The van der Waals surface area contributed by atoms with Crippen LogP contribution >= 0.6 is 0 Å². The second kappa shape index (κ2) is 48.2. The summed E-state index contributed by atoms with van der Waals surface area (Å²) in [6, 6.07) is -0.557. The van der Waals surface area contributed by atoms with E-state index in [-0.39, 0.29) is 12.5 Å². The molecule has 0 aliphatic carbocycles. The average molecular weight is 800 g/mol. The SMILES string of the molecule is CC/C=C\C/C=C\C/C=C\C/C=C\C/C=C\C/C=C\C/C=C\C/C=C\C/C=C\C/C=C\CCCCCCC(=O)NC(CO)C(O)CCCCCCCCCCCCC. The number of amides is 1. The molecule has 0 heterocycles. The van der Waals surface area contributed by atoms with Gasteiger partial charge in [0, 0.05) is 6.42 Å². The molecule has 2 unspecified atom stereocenters. The van der Waals surface area contributed by atoms with Crippen molar-refractivity contribution in [1.29, 1.82) is 0 Å². The molecule has 0 aliphatic heterocycles. The maximum absolute atomic E-state index is 12.4. The number of carbonyl (C=O) groups is 1. The molecule has 1 amide bonds. The van der Waals surface area contributed by atoms with E-state index in [9.17, 15) is 15.0 Å². The lowest BCUT2D eigenvalue weighted by Crippen LogP contribution is -2.45. The summed E-state index contributed by atoms with van der Waals surface area (Å²) in [6.45, 7) is 4.21. The van der Waals surface area contributed by atoms with Crippen LogP contribution in [-0.2, 0) is 4.79 Å². The summed E-state index contributed by atoms with van der Waals surface area (Å²) >= 11 is 0. The van der Waals surface area contributed by atoms with Gasteiger partial charge >= 0.3 is 0 Å². The third-order valence-corrected chi connectivity index (χ3v) is 9.99. The minimum absolute atomic E-state index is 0.0631. The van der Waals surface area contributed by atoms with Crippen molar-refractivity contribution in [3.05, 3.63) is 122 Å². The average Bonchev–Trinajstić information content (AvgIpc) is 3.23. The van der Waals surface area contributed by atoms with E-state index in [1.807, 2.05) is 0 Å². The Kier molecular flexibility index (Phi) is 45.5. The van der Waals surface area contributed by atoms with Crippen molar-refractivity contribution in [1.82, 2.24) is 5.32 Å². The standard InChI is InChI=1S/C54H89NO3/c1-3-5-7-9-11-13-15-16-17-18-19-20-21-22-23-24-25-26-27-28-29-30-31-32-33-34-35-36-37-38-40-42-44-46-48-50-54(58)55-52(51-56)53(57)49-47-45-43-41-39-14-12-10-8-6-4-2/h5,7,11,13,16-17,19-20,22-23,25-26,28-29,31-32,34-35,37-38,52-53,56-57H,3-4,6,8-10,12,14-15,18,21,24,27,30,33,36,39-51H2,1-2H3,(H,55,58)/b7-5-,13-11-,17-16-,20-19-,23-22-,26-25-,29-28-,32-31-,35-34-,38-37-. The lowest BCUT2D eigenvalue weighted by Gasteiger charge is -2.22. The van der Waals surface area contributed by atoms with Crippen LogP contribution in [0, 0.1) is 0 Å². The maximum atomic E-state index is 12.4. The van der Waals surface area contributed by atoms with Gasteiger partial charge in [-0.3, -0.25) is 4.79 Å². The van der Waals surface area contributed by atoms with Crippen LogP contribution in [0.5, 0.6) is 0 Å². The second-order valence-electron chi connectivity index (χ2n) is 15.4. The first kappa shape index (κ1) is 54.8. The van der Waals surface area contributed by atoms with E-state index in [1.54, 1.807) is 0 Å². The number of nitrogens with one attached hydrogen (secondary N) is 1. The lowest BCUT2D eigenvalue weighted by molar-refractivity contribution is -0.123. The van der Waals surface area contributed by atoms with E-state index in [1.165, 1.54) is 57.8 Å². The third-order valence-electron chi connectivity index (χ3n) is 9.99. The summed E-state index contributed by atoms with van der Waals surface area (Å²) in [5.41, 5.74) is 0. The molecule has 4 nitrogen and oxygen atoms in total. The van der Waals surface area contributed by atoms with E-state index in [4.69, 9.17) is 0 Å². The number of hydrogen-bond donors (Lipinski definition) is 3. The monoisotopic (exact) mass is 800 g/mol. The molecule has 0 spiro atoms. The van der Waals surface area contributed by atoms with Crippen LogP contribution in [0.1, 0.15) is 194 Å². The van der Waals surface area contributed by atoms with Crippen LogP contribution < -0.4 is 5.32 Å². The predicted molar refractivity (Wildman–Crippen MR) is 257 cm³/mol. The van der Waals surface area contributed by atoms with Gasteiger partial charge in [0.05, 0.1) is 18.8 Å². The minimum atomic E-state index is -0.677. The van der Waals surface area contributed by atoms with E-state index in [0.717, 1.165) is 109 Å². The molecule has 3 N–H and O–H groups in total. The largest absolute Gasteiger partial charge is 0.394 e. The number of carbonyl (C=O) groups excluding carboxylic acids is 1. The summed E-state index contributed by atoms with van der Waals surface area (Å²) in [5, 5.41) is 23.1. The fourth-order valence-electron chi connectivity index (χ4n) is 6.39. The highest BCUT2D eigenvalue weighted by Gasteiger charge is 2.19. The zero-order valence-electron chi connectivity index (χ0n) is 37.5. The van der Waals surface area contributed by atoms with Gasteiger partial charge in [-0.15, -0.1) is 0 Å². The lowest BCUT2D eigenvalue weighted by atomic mass is 10.0. The third kappa shape index (κ3) is 43.9. The van der Waals surface area contributed by atoms with Gasteiger partial charge < -0.3 is 15.5 Å². The molecular weight excluding hydrogens is 711 g/mol. The normalized spacial score (nSPS) is 14.1. The molecule has 4 heteroatoms. The Morgan fingerprint density at radius 1 is 0.431 bits per heavy atom. The smallest absolute Gasteiger partial charge is 0.220 e. The van der Waals surface area contributed by atoms with E-state index in [0.29, 0.717) is 12.8 Å². The first-order valence-electron chi connectivity index (χ1n) is 23.7. The van der Waals surface area contributed by atoms with Gasteiger partial charge in [0.15, 0.2) is 0 Å². The molecule has 0 fully saturated rings. The van der Waals surface area contributed by atoms with Gasteiger partial charge in [-0.1, -0.05) is 219 Å². The maximum Gasteiger partial charge on any atom is 0.220 e. The zero-order chi connectivity index (χ0) is 42.1. The van der Waals surface area contributed by atoms with Gasteiger partial charge in [0.2, 0.25) is 5.91 Å². The van der Waals surface area contributed by atoms with Gasteiger partial charge in [-0.05, 0) is 89.9 Å². The number of rotatable bonds is 41. The number of allylic oxidation sites excluding steroid dienone is 20. The summed E-state index contributed by atoms with van der Waals surface area (Å²) < 4.78 is 0. The van der Waals surface area contributed by atoms with Crippen molar-refractivity contribution >= 4 is 5.91 Å². The first-order valence-corrected chi connectivity index (χ1v) is 23.7. The predicted octanol–water partition coefficient (Wildman–Crippen LogP) is 15.3. The van der Waals surface area contributed by atoms with Crippen molar-refractivity contribution in [2.24, 2.45) is 0 Å². The molecule has 328 valence electrons. The summed E-state index contributed by atoms with van der Waals surface area (Å²) in [7, 11) is 0. The Morgan fingerprint density at radius 2 is 0.759 bits per heavy atom. The van der Waals surface area contributed by atoms with E-state index >= 15 is 0 Å². The number of unbranched alkanes of at least 4 members (excludes halogenated alkanes) is 14. The molecule has 0 saturated carbocycles. The quantitative estimate of drug-likeness (QED) is 0.0426. The first-order chi connectivity index (χ1) is 28.7. The minimum Gasteiger partial charge on any atom is -0.394 e. The molecule has 0 rings (SSSR count). The van der Waals surface area contributed by atoms with E-state index < -0.39 is 12.1 Å². The van der Waals surface area contributed by atoms with Crippen molar-refractivity contribution in [3.63, 3.8) is 0 Å². The number of hydrogen-bond acceptors (Lipinski definition) is 3. The van der Waals surface area contributed by atoms with Gasteiger partial charge in [-0.25, -0.2) is 0 Å². The van der Waals surface area contributed by atoms with E-state index in [2.05, 4.69) is 141 Å². The molecule has 0 bridgehead atoms. The second-order valence-corrected chi connectivity index (χ2v) is 15.4. The van der Waals surface area contributed by atoms with Crippen LogP contribution in [-0.4, -0.2) is 34.9 Å². The van der Waals surface area contributed by atoms with Crippen molar-refractivity contribution < 1.29 is 15.0 Å². The van der Waals surface area contributed by atoms with Gasteiger partial charge in [-0.2, -0.15) is 0 Å². The molecule has 0 aromatic carbocycles. The molecule has 0 saturated heterocycles. The highest BCUT2D eigenvalue weighted by molar-refractivity contribution is 5.76. The van der Waals surface area contributed by atoms with Crippen LogP contribution in [0.15, 0.2) is 122 Å². The molecular formula is C54H89NO3. The Hall–Kier alpha value is -3.21. The van der Waals surface area contributed by atoms with Crippen LogP contribution in [0.2, 0.25) is 0 Å². The van der Waals surface area contributed by atoms with Crippen LogP contribution in [0.25, 0.3) is 0 Å². The Labute approximate surface area is 358 Å². The van der Waals surface area contributed by atoms with Gasteiger partial charge in [0.25, 0.3) is 0 Å². The van der Waals surface area contributed by atoms with Crippen molar-refractivity contribution in [3.8, 4) is 0 Å². The number of aliphatic hydroxyl groups excluding tert-OH is 2. The molecule has 58 heavy (non-hydrogen) atoms. The summed E-state index contributed by atoms with van der Waals surface area (Å²) in [5.74, 6) is -0.0631. The van der Waals surface area contributed by atoms with Crippen molar-refractivity contribution in [2.75, 3.05) is 6.61 Å². The molecule has 2 atom stereocenters. The number of aliphatic hydroxyl groups is 2. The topological polar surface area (TPSA) is 69.6 Å².